The Labute approximate surface area is 133 Å². The first-order valence-corrected chi connectivity index (χ1v) is 8.22. The highest BCUT2D eigenvalue weighted by molar-refractivity contribution is 5.80. The van der Waals surface area contributed by atoms with Gasteiger partial charge in [-0.2, -0.15) is 0 Å². The van der Waals surface area contributed by atoms with Gasteiger partial charge >= 0.3 is 11.9 Å². The topological polar surface area (TPSA) is 74.6 Å². The summed E-state index contributed by atoms with van der Waals surface area (Å²) in [5.74, 6) is 3.99. The van der Waals surface area contributed by atoms with Crippen LogP contribution in [0.5, 0.6) is 0 Å². The summed E-state index contributed by atoms with van der Waals surface area (Å²) in [6.07, 6.45) is 15.0. The van der Waals surface area contributed by atoms with E-state index in [9.17, 15) is 9.59 Å². The predicted molar refractivity (Wildman–Crippen MR) is 87.6 cm³/mol. The standard InChI is InChI=1S/C18H28O4/c19-17(20)15-13-11-9-7-5-3-1-2-4-6-8-10-12-14-16-18(21)22/h14,16H,1-9,11,13,15H2,(H,19,20)(H,21,22)/b16-14+. The summed E-state index contributed by atoms with van der Waals surface area (Å²) in [6.45, 7) is 0. The lowest BCUT2D eigenvalue weighted by Gasteiger charge is -2.01. The van der Waals surface area contributed by atoms with Crippen LogP contribution in [0.15, 0.2) is 12.2 Å². The van der Waals surface area contributed by atoms with Crippen LogP contribution in [-0.2, 0) is 9.59 Å². The molecule has 4 nitrogen and oxygen atoms in total. The molecule has 0 aliphatic heterocycles. The number of allylic oxidation sites excluding steroid dienone is 1. The Morgan fingerprint density at radius 2 is 1.27 bits per heavy atom. The van der Waals surface area contributed by atoms with Gasteiger partial charge in [-0.05, 0) is 18.9 Å². The molecule has 0 atom stereocenters. The number of unbranched alkanes of at least 4 members (excludes halogenated alkanes) is 10. The van der Waals surface area contributed by atoms with Crippen LogP contribution in [0, 0.1) is 11.8 Å². The number of carboxylic acid groups (broad SMARTS) is 2. The van der Waals surface area contributed by atoms with Gasteiger partial charge in [-0.1, -0.05) is 63.2 Å². The molecule has 4 heteroatoms. The van der Waals surface area contributed by atoms with E-state index in [0.29, 0.717) is 6.42 Å². The summed E-state index contributed by atoms with van der Waals surface area (Å²) in [6, 6.07) is 0. The molecule has 0 aromatic carbocycles. The van der Waals surface area contributed by atoms with Crippen LogP contribution in [0.2, 0.25) is 0 Å². The molecule has 0 aliphatic carbocycles. The van der Waals surface area contributed by atoms with Crippen molar-refractivity contribution >= 4 is 11.9 Å². The molecule has 0 spiro atoms. The first kappa shape index (κ1) is 20.2. The normalized spacial score (nSPS) is 10.4. The molecular formula is C18H28O4. The van der Waals surface area contributed by atoms with Crippen molar-refractivity contribution in [2.45, 2.75) is 77.0 Å². The Kier molecular flexibility index (Phi) is 14.4. The van der Waals surface area contributed by atoms with Crippen molar-refractivity contribution < 1.29 is 19.8 Å². The Morgan fingerprint density at radius 1 is 0.773 bits per heavy atom. The van der Waals surface area contributed by atoms with E-state index in [2.05, 4.69) is 11.8 Å². The zero-order chi connectivity index (χ0) is 16.5. The van der Waals surface area contributed by atoms with Crippen molar-refractivity contribution in [1.29, 1.82) is 0 Å². The van der Waals surface area contributed by atoms with E-state index in [4.69, 9.17) is 10.2 Å². The second kappa shape index (κ2) is 15.6. The molecule has 0 amide bonds. The van der Waals surface area contributed by atoms with Gasteiger partial charge in [-0.15, -0.1) is 0 Å². The summed E-state index contributed by atoms with van der Waals surface area (Å²) >= 11 is 0. The quantitative estimate of drug-likeness (QED) is 0.300. The van der Waals surface area contributed by atoms with Crippen molar-refractivity contribution in [1.82, 2.24) is 0 Å². The molecular weight excluding hydrogens is 280 g/mol. The molecule has 0 aromatic heterocycles. The van der Waals surface area contributed by atoms with E-state index in [0.717, 1.165) is 38.2 Å². The number of carbonyl (C=O) groups is 2. The SMILES string of the molecule is O=C(O)/C=C/C#CCCCCCCCCCCCCC(=O)O. The zero-order valence-electron chi connectivity index (χ0n) is 13.4. The minimum atomic E-state index is -0.962. The van der Waals surface area contributed by atoms with Crippen LogP contribution < -0.4 is 0 Å². The van der Waals surface area contributed by atoms with Crippen molar-refractivity contribution in [2.24, 2.45) is 0 Å². The Morgan fingerprint density at radius 3 is 1.77 bits per heavy atom. The van der Waals surface area contributed by atoms with Crippen LogP contribution in [0.1, 0.15) is 77.0 Å². The van der Waals surface area contributed by atoms with Crippen molar-refractivity contribution in [3.05, 3.63) is 12.2 Å². The average Bonchev–Trinajstić information content (AvgIpc) is 2.46. The maximum Gasteiger partial charge on any atom is 0.328 e. The fraction of sp³-hybridized carbons (Fsp3) is 0.667. The summed E-state index contributed by atoms with van der Waals surface area (Å²) in [5.41, 5.74) is 0. The van der Waals surface area contributed by atoms with E-state index in [1.807, 2.05) is 0 Å². The van der Waals surface area contributed by atoms with Gasteiger partial charge in [0.2, 0.25) is 0 Å². The van der Waals surface area contributed by atoms with Gasteiger partial charge in [0, 0.05) is 18.9 Å². The molecule has 0 aromatic rings. The molecule has 2 N–H and O–H groups in total. The van der Waals surface area contributed by atoms with Crippen LogP contribution in [0.3, 0.4) is 0 Å². The molecule has 22 heavy (non-hydrogen) atoms. The van der Waals surface area contributed by atoms with Crippen LogP contribution in [0.25, 0.3) is 0 Å². The molecule has 0 aliphatic rings. The predicted octanol–water partition coefficient (Wildman–Crippen LogP) is 4.40. The van der Waals surface area contributed by atoms with Crippen molar-refractivity contribution in [3.63, 3.8) is 0 Å². The average molecular weight is 308 g/mol. The van der Waals surface area contributed by atoms with Crippen LogP contribution >= 0.6 is 0 Å². The molecule has 0 rings (SSSR count). The summed E-state index contributed by atoms with van der Waals surface area (Å²) < 4.78 is 0. The Bertz CT molecular complexity index is 388. The zero-order valence-corrected chi connectivity index (χ0v) is 13.4. The third-order valence-electron chi connectivity index (χ3n) is 3.35. The lowest BCUT2D eigenvalue weighted by molar-refractivity contribution is -0.137. The third-order valence-corrected chi connectivity index (χ3v) is 3.35. The highest BCUT2D eigenvalue weighted by Gasteiger charge is 1.96. The van der Waals surface area contributed by atoms with Gasteiger partial charge in [-0.3, -0.25) is 4.79 Å². The van der Waals surface area contributed by atoms with Crippen LogP contribution in [0.4, 0.5) is 0 Å². The molecule has 0 bridgehead atoms. The number of rotatable bonds is 13. The summed E-state index contributed by atoms with van der Waals surface area (Å²) in [7, 11) is 0. The largest absolute Gasteiger partial charge is 0.481 e. The molecule has 0 saturated carbocycles. The second-order valence-corrected chi connectivity index (χ2v) is 5.42. The van der Waals surface area contributed by atoms with Gasteiger partial charge in [0.25, 0.3) is 0 Å². The van der Waals surface area contributed by atoms with E-state index in [1.165, 1.54) is 44.6 Å². The summed E-state index contributed by atoms with van der Waals surface area (Å²) in [4.78, 5) is 20.5. The first-order chi connectivity index (χ1) is 10.6. The summed E-state index contributed by atoms with van der Waals surface area (Å²) in [5, 5.41) is 16.9. The Balaban J connectivity index is 3.17. The number of hydrogen-bond acceptors (Lipinski definition) is 2. The second-order valence-electron chi connectivity index (χ2n) is 5.42. The minimum absolute atomic E-state index is 0.301. The van der Waals surface area contributed by atoms with E-state index in [-0.39, 0.29) is 0 Å². The van der Waals surface area contributed by atoms with Gasteiger partial charge in [-0.25, -0.2) is 4.79 Å². The molecule has 0 radical (unpaired) electrons. The lowest BCUT2D eigenvalue weighted by Crippen LogP contribution is -1.93. The maximum absolute atomic E-state index is 10.3. The van der Waals surface area contributed by atoms with Gasteiger partial charge in [0.05, 0.1) is 0 Å². The third kappa shape index (κ3) is 18.2. The molecule has 124 valence electrons. The first-order valence-electron chi connectivity index (χ1n) is 8.22. The molecule has 0 saturated heterocycles. The highest BCUT2D eigenvalue weighted by Crippen LogP contribution is 2.11. The smallest absolute Gasteiger partial charge is 0.328 e. The molecule has 0 unspecified atom stereocenters. The fourth-order valence-corrected chi connectivity index (χ4v) is 2.15. The number of aliphatic carboxylic acids is 2. The Hall–Kier alpha value is -1.76. The maximum atomic E-state index is 10.3. The van der Waals surface area contributed by atoms with Gasteiger partial charge in [0.15, 0.2) is 0 Å². The highest BCUT2D eigenvalue weighted by atomic mass is 16.4. The monoisotopic (exact) mass is 308 g/mol. The van der Waals surface area contributed by atoms with E-state index >= 15 is 0 Å². The fourth-order valence-electron chi connectivity index (χ4n) is 2.15. The van der Waals surface area contributed by atoms with Crippen molar-refractivity contribution in [3.8, 4) is 11.8 Å². The van der Waals surface area contributed by atoms with Gasteiger partial charge < -0.3 is 10.2 Å². The van der Waals surface area contributed by atoms with Crippen molar-refractivity contribution in [2.75, 3.05) is 0 Å². The number of hydrogen-bond donors (Lipinski definition) is 2. The van der Waals surface area contributed by atoms with E-state index in [1.54, 1.807) is 0 Å². The molecule has 0 heterocycles. The molecule has 0 fully saturated rings. The lowest BCUT2D eigenvalue weighted by atomic mass is 10.1. The van der Waals surface area contributed by atoms with Gasteiger partial charge in [0.1, 0.15) is 0 Å². The minimum Gasteiger partial charge on any atom is -0.481 e. The van der Waals surface area contributed by atoms with E-state index < -0.39 is 11.9 Å². The van der Waals surface area contributed by atoms with Crippen LogP contribution in [-0.4, -0.2) is 22.2 Å². The number of carboxylic acids is 2.